The highest BCUT2D eigenvalue weighted by molar-refractivity contribution is 7.14. The van der Waals surface area contributed by atoms with Crippen molar-refractivity contribution in [2.45, 2.75) is 6.54 Å². The fraction of sp³-hybridized carbons (Fsp3) is 0.0417. The van der Waals surface area contributed by atoms with Gasteiger partial charge in [-0.1, -0.05) is 18.2 Å². The fourth-order valence-corrected chi connectivity index (χ4v) is 4.16. The van der Waals surface area contributed by atoms with Gasteiger partial charge in [0.05, 0.1) is 16.8 Å². The highest BCUT2D eigenvalue weighted by Crippen LogP contribution is 2.30. The Labute approximate surface area is 201 Å². The molecule has 1 amide bonds. The molecule has 0 aliphatic heterocycles. The lowest BCUT2D eigenvalue weighted by Crippen LogP contribution is -2.24. The summed E-state index contributed by atoms with van der Waals surface area (Å²) in [7, 11) is 0. The number of nitrogen functional groups attached to an aromatic ring is 1. The number of halogens is 2. The lowest BCUT2D eigenvalue weighted by Gasteiger charge is -2.10. The first-order valence-corrected chi connectivity index (χ1v) is 11.3. The SMILES string of the molecule is Nc1ncnc2ccc(-c3csc(Nc4ncccc4C(=O)NCc4cccc(F)c4F)n3)cc12. The highest BCUT2D eigenvalue weighted by Gasteiger charge is 2.16. The number of aromatic nitrogens is 4. The molecule has 0 unspecified atom stereocenters. The molecule has 0 atom stereocenters. The van der Waals surface area contributed by atoms with Gasteiger partial charge in [0.2, 0.25) is 0 Å². The van der Waals surface area contributed by atoms with E-state index in [0.717, 1.165) is 22.5 Å². The Kier molecular flexibility index (Phi) is 5.98. The minimum Gasteiger partial charge on any atom is -0.383 e. The molecule has 4 N–H and O–H groups in total. The van der Waals surface area contributed by atoms with Crippen molar-refractivity contribution in [2.24, 2.45) is 0 Å². The van der Waals surface area contributed by atoms with Gasteiger partial charge in [-0.3, -0.25) is 4.79 Å². The van der Waals surface area contributed by atoms with Crippen molar-refractivity contribution < 1.29 is 13.6 Å². The summed E-state index contributed by atoms with van der Waals surface area (Å²) in [5.74, 6) is -1.79. The Hall–Kier alpha value is -4.51. The van der Waals surface area contributed by atoms with Crippen LogP contribution in [0.1, 0.15) is 15.9 Å². The van der Waals surface area contributed by atoms with E-state index in [9.17, 15) is 13.6 Å². The topological polar surface area (TPSA) is 119 Å². The van der Waals surface area contributed by atoms with E-state index < -0.39 is 17.5 Å². The van der Waals surface area contributed by atoms with Crippen LogP contribution >= 0.6 is 11.3 Å². The Morgan fingerprint density at radius 1 is 1.06 bits per heavy atom. The van der Waals surface area contributed by atoms with Crippen molar-refractivity contribution in [3.05, 3.63) is 89.2 Å². The maximum Gasteiger partial charge on any atom is 0.255 e. The molecule has 0 bridgehead atoms. The zero-order chi connectivity index (χ0) is 24.4. The number of thiazole rings is 1. The van der Waals surface area contributed by atoms with E-state index in [0.29, 0.717) is 16.6 Å². The van der Waals surface area contributed by atoms with Crippen LogP contribution in [0.5, 0.6) is 0 Å². The molecule has 0 saturated carbocycles. The van der Waals surface area contributed by atoms with Crippen molar-refractivity contribution in [1.29, 1.82) is 0 Å². The van der Waals surface area contributed by atoms with Crippen LogP contribution in [0.25, 0.3) is 22.2 Å². The average molecular weight is 490 g/mol. The number of nitrogens with zero attached hydrogens (tertiary/aromatic N) is 4. The number of pyridine rings is 1. The van der Waals surface area contributed by atoms with Crippen LogP contribution in [0, 0.1) is 11.6 Å². The third-order valence-electron chi connectivity index (χ3n) is 5.21. The van der Waals surface area contributed by atoms with E-state index >= 15 is 0 Å². The Balaban J connectivity index is 1.34. The number of hydrogen-bond acceptors (Lipinski definition) is 8. The van der Waals surface area contributed by atoms with E-state index in [2.05, 4.69) is 30.6 Å². The number of rotatable bonds is 6. The van der Waals surface area contributed by atoms with Gasteiger partial charge in [0, 0.05) is 34.6 Å². The van der Waals surface area contributed by atoms with Gasteiger partial charge in [0.15, 0.2) is 16.8 Å². The first kappa shape index (κ1) is 22.3. The molecule has 3 aromatic heterocycles. The van der Waals surface area contributed by atoms with Gasteiger partial charge in [0.25, 0.3) is 5.91 Å². The number of anilines is 3. The second-order valence-electron chi connectivity index (χ2n) is 7.45. The zero-order valence-electron chi connectivity index (χ0n) is 18.0. The molecule has 11 heteroatoms. The van der Waals surface area contributed by atoms with E-state index in [4.69, 9.17) is 5.73 Å². The molecule has 35 heavy (non-hydrogen) atoms. The van der Waals surface area contributed by atoms with Gasteiger partial charge in [-0.05, 0) is 30.3 Å². The molecular formula is C24H17F2N7OS. The minimum absolute atomic E-state index is 0.0442. The van der Waals surface area contributed by atoms with Crippen molar-refractivity contribution >= 4 is 44.9 Å². The van der Waals surface area contributed by atoms with Gasteiger partial charge in [-0.2, -0.15) is 0 Å². The first-order chi connectivity index (χ1) is 17.0. The van der Waals surface area contributed by atoms with E-state index in [1.165, 1.54) is 36.0 Å². The summed E-state index contributed by atoms with van der Waals surface area (Å²) in [4.78, 5) is 29.8. The molecule has 0 spiro atoms. The molecule has 0 aliphatic rings. The van der Waals surface area contributed by atoms with Crippen LogP contribution in [-0.2, 0) is 6.54 Å². The van der Waals surface area contributed by atoms with Crippen LogP contribution in [0.4, 0.5) is 25.5 Å². The molecule has 0 aliphatic carbocycles. The second-order valence-corrected chi connectivity index (χ2v) is 8.31. The molecular weight excluding hydrogens is 472 g/mol. The molecule has 3 heterocycles. The Morgan fingerprint density at radius 2 is 1.94 bits per heavy atom. The van der Waals surface area contributed by atoms with Crippen LogP contribution in [0.3, 0.4) is 0 Å². The predicted molar refractivity (Wildman–Crippen MR) is 130 cm³/mol. The van der Waals surface area contributed by atoms with Gasteiger partial charge >= 0.3 is 0 Å². The number of amides is 1. The number of hydrogen-bond donors (Lipinski definition) is 3. The lowest BCUT2D eigenvalue weighted by atomic mass is 10.1. The average Bonchev–Trinajstić information content (AvgIpc) is 3.34. The highest BCUT2D eigenvalue weighted by atomic mass is 32.1. The number of benzene rings is 2. The molecule has 0 fully saturated rings. The third-order valence-corrected chi connectivity index (χ3v) is 5.97. The molecule has 8 nitrogen and oxygen atoms in total. The predicted octanol–water partition coefficient (Wildman–Crippen LogP) is 4.68. The number of fused-ring (bicyclic) bond motifs is 1. The van der Waals surface area contributed by atoms with Crippen LogP contribution in [0.15, 0.2) is 66.4 Å². The maximum atomic E-state index is 13.9. The zero-order valence-corrected chi connectivity index (χ0v) is 18.8. The van der Waals surface area contributed by atoms with Crippen molar-refractivity contribution in [3.63, 3.8) is 0 Å². The molecule has 0 radical (unpaired) electrons. The van der Waals surface area contributed by atoms with Gasteiger partial charge in [0.1, 0.15) is 18.0 Å². The minimum atomic E-state index is -0.991. The summed E-state index contributed by atoms with van der Waals surface area (Å²) < 4.78 is 27.3. The summed E-state index contributed by atoms with van der Waals surface area (Å²) in [5.41, 5.74) is 8.51. The van der Waals surface area contributed by atoms with Crippen molar-refractivity contribution in [1.82, 2.24) is 25.3 Å². The van der Waals surface area contributed by atoms with Crippen molar-refractivity contribution in [2.75, 3.05) is 11.1 Å². The Morgan fingerprint density at radius 3 is 2.83 bits per heavy atom. The lowest BCUT2D eigenvalue weighted by molar-refractivity contribution is 0.0951. The summed E-state index contributed by atoms with van der Waals surface area (Å²) >= 11 is 1.34. The quantitative estimate of drug-likeness (QED) is 0.317. The number of carbonyl (C=O) groups excluding carboxylic acids is 1. The standard InChI is InChI=1S/C24H17F2N7OS/c25-17-5-1-3-14(20(17)26)10-29-23(34)15-4-2-8-28-22(15)33-24-32-19(11-35-24)13-6-7-18-16(9-13)21(27)31-12-30-18/h1-9,11-12H,10H2,(H,29,34)(H2,27,30,31)(H,28,32,33). The van der Waals surface area contributed by atoms with Crippen LogP contribution in [-0.4, -0.2) is 25.8 Å². The second kappa shape index (κ2) is 9.39. The van der Waals surface area contributed by atoms with E-state index in [1.54, 1.807) is 12.1 Å². The van der Waals surface area contributed by atoms with Gasteiger partial charge in [-0.25, -0.2) is 28.7 Å². The van der Waals surface area contributed by atoms with E-state index in [1.807, 2.05) is 23.6 Å². The summed E-state index contributed by atoms with van der Waals surface area (Å²) in [6.45, 7) is -0.174. The van der Waals surface area contributed by atoms with Gasteiger partial charge in [-0.15, -0.1) is 11.3 Å². The Bertz CT molecular complexity index is 1560. The molecule has 0 saturated heterocycles. The monoisotopic (exact) mass is 489 g/mol. The van der Waals surface area contributed by atoms with Crippen LogP contribution in [0.2, 0.25) is 0 Å². The third kappa shape index (κ3) is 4.62. The summed E-state index contributed by atoms with van der Waals surface area (Å²) in [6.07, 6.45) is 2.95. The molecule has 174 valence electrons. The largest absolute Gasteiger partial charge is 0.383 e. The molecule has 2 aromatic carbocycles. The first-order valence-electron chi connectivity index (χ1n) is 10.4. The van der Waals surface area contributed by atoms with E-state index in [-0.39, 0.29) is 23.5 Å². The number of nitrogens with one attached hydrogen (secondary N) is 2. The van der Waals surface area contributed by atoms with Gasteiger partial charge < -0.3 is 16.4 Å². The number of carbonyl (C=O) groups is 1. The fourth-order valence-electron chi connectivity index (χ4n) is 3.44. The molecule has 5 aromatic rings. The summed E-state index contributed by atoms with van der Waals surface area (Å²) in [5, 5.41) is 8.76. The number of nitrogens with two attached hydrogens (primary N) is 1. The normalized spacial score (nSPS) is 10.9. The smallest absolute Gasteiger partial charge is 0.255 e. The van der Waals surface area contributed by atoms with Crippen LogP contribution < -0.4 is 16.4 Å². The summed E-state index contributed by atoms with van der Waals surface area (Å²) in [6, 6.07) is 12.6. The maximum absolute atomic E-state index is 13.9. The molecule has 5 rings (SSSR count). The van der Waals surface area contributed by atoms with Crippen molar-refractivity contribution in [3.8, 4) is 11.3 Å².